The van der Waals surface area contributed by atoms with E-state index in [4.69, 9.17) is 0 Å². The summed E-state index contributed by atoms with van der Waals surface area (Å²) < 4.78 is 0. The van der Waals surface area contributed by atoms with Crippen molar-refractivity contribution in [2.75, 3.05) is 27.2 Å². The molecule has 2 saturated carbocycles. The van der Waals surface area contributed by atoms with Crippen LogP contribution in [0.15, 0.2) is 0 Å². The van der Waals surface area contributed by atoms with Gasteiger partial charge in [-0.3, -0.25) is 4.79 Å². The standard InChI is InChI=1S/C17H26N4O2/c1-20(2)15(23)19-13-9-16(10-13)7-8-21(12-16)14(22)17(11-18)5-3-4-6-17/h13H,3-10,12H2,1-2H3,(H,19,23). The number of carbonyl (C=O) groups is 2. The molecule has 0 aromatic rings. The van der Waals surface area contributed by atoms with Gasteiger partial charge in [-0.2, -0.15) is 5.26 Å². The molecule has 3 rings (SSSR count). The van der Waals surface area contributed by atoms with Crippen LogP contribution in [0.5, 0.6) is 0 Å². The number of hydrogen-bond acceptors (Lipinski definition) is 3. The van der Waals surface area contributed by atoms with E-state index in [0.29, 0.717) is 12.8 Å². The van der Waals surface area contributed by atoms with Crippen LogP contribution in [0.4, 0.5) is 4.79 Å². The van der Waals surface area contributed by atoms with Crippen molar-refractivity contribution < 1.29 is 9.59 Å². The van der Waals surface area contributed by atoms with Gasteiger partial charge in [0.15, 0.2) is 0 Å². The summed E-state index contributed by atoms with van der Waals surface area (Å²) in [5.41, 5.74) is -0.594. The second kappa shape index (κ2) is 5.70. The van der Waals surface area contributed by atoms with Crippen LogP contribution in [-0.2, 0) is 4.79 Å². The van der Waals surface area contributed by atoms with E-state index >= 15 is 0 Å². The molecule has 3 aliphatic rings. The Morgan fingerprint density at radius 3 is 2.43 bits per heavy atom. The van der Waals surface area contributed by atoms with E-state index < -0.39 is 5.41 Å². The van der Waals surface area contributed by atoms with Crippen LogP contribution in [-0.4, -0.2) is 55.0 Å². The Bertz CT molecular complexity index is 539. The Balaban J connectivity index is 1.55. The van der Waals surface area contributed by atoms with Gasteiger partial charge in [-0.25, -0.2) is 4.79 Å². The maximum absolute atomic E-state index is 12.8. The van der Waals surface area contributed by atoms with Crippen molar-refractivity contribution in [2.24, 2.45) is 10.8 Å². The molecule has 0 aromatic heterocycles. The first-order chi connectivity index (χ1) is 10.9. The lowest BCUT2D eigenvalue weighted by Crippen LogP contribution is -2.54. The summed E-state index contributed by atoms with van der Waals surface area (Å²) in [6, 6.07) is 2.48. The topological polar surface area (TPSA) is 76.4 Å². The van der Waals surface area contributed by atoms with Gasteiger partial charge in [-0.1, -0.05) is 12.8 Å². The zero-order chi connectivity index (χ0) is 16.7. The summed E-state index contributed by atoms with van der Waals surface area (Å²) in [6.45, 7) is 1.51. The first-order valence-corrected chi connectivity index (χ1v) is 8.58. The first kappa shape index (κ1) is 16.1. The van der Waals surface area contributed by atoms with E-state index in [1.807, 2.05) is 4.90 Å². The molecule has 1 saturated heterocycles. The van der Waals surface area contributed by atoms with Crippen LogP contribution in [0.25, 0.3) is 0 Å². The van der Waals surface area contributed by atoms with Gasteiger partial charge >= 0.3 is 6.03 Å². The number of urea groups is 1. The minimum Gasteiger partial charge on any atom is -0.341 e. The molecule has 0 atom stereocenters. The predicted octanol–water partition coefficient (Wildman–Crippen LogP) is 1.72. The molecule has 126 valence electrons. The number of nitrogens with zero attached hydrogens (tertiary/aromatic N) is 3. The van der Waals surface area contributed by atoms with Crippen LogP contribution in [0.3, 0.4) is 0 Å². The lowest BCUT2D eigenvalue weighted by molar-refractivity contribution is -0.138. The van der Waals surface area contributed by atoms with E-state index in [2.05, 4.69) is 11.4 Å². The molecule has 0 unspecified atom stereocenters. The van der Waals surface area contributed by atoms with Crippen molar-refractivity contribution >= 4 is 11.9 Å². The zero-order valence-corrected chi connectivity index (χ0v) is 14.1. The van der Waals surface area contributed by atoms with Gasteiger partial charge in [-0.05, 0) is 37.5 Å². The second-order valence-electron chi connectivity index (χ2n) is 7.83. The lowest BCUT2D eigenvalue weighted by atomic mass is 9.65. The Morgan fingerprint density at radius 1 is 1.22 bits per heavy atom. The van der Waals surface area contributed by atoms with Gasteiger partial charge < -0.3 is 15.1 Å². The summed E-state index contributed by atoms with van der Waals surface area (Å²) >= 11 is 0. The van der Waals surface area contributed by atoms with Crippen molar-refractivity contribution in [2.45, 2.75) is 51.0 Å². The van der Waals surface area contributed by atoms with Gasteiger partial charge in [0.05, 0.1) is 6.07 Å². The number of amides is 3. The third-order valence-corrected chi connectivity index (χ3v) is 5.90. The zero-order valence-electron chi connectivity index (χ0n) is 14.1. The molecule has 2 aliphatic carbocycles. The van der Waals surface area contributed by atoms with E-state index in [-0.39, 0.29) is 23.4 Å². The van der Waals surface area contributed by atoms with Gasteiger partial charge in [0.1, 0.15) is 5.41 Å². The third kappa shape index (κ3) is 2.77. The van der Waals surface area contributed by atoms with E-state index in [9.17, 15) is 14.9 Å². The molecule has 1 aliphatic heterocycles. The number of carbonyl (C=O) groups excluding carboxylic acids is 2. The molecule has 3 amide bonds. The van der Waals surface area contributed by atoms with Crippen LogP contribution < -0.4 is 5.32 Å². The number of hydrogen-bond donors (Lipinski definition) is 1. The highest BCUT2D eigenvalue weighted by Crippen LogP contribution is 2.50. The molecule has 0 aromatic carbocycles. The van der Waals surface area contributed by atoms with Gasteiger partial charge in [0.2, 0.25) is 5.91 Å². The van der Waals surface area contributed by atoms with Crippen molar-refractivity contribution in [1.29, 1.82) is 5.26 Å². The molecule has 1 N–H and O–H groups in total. The average Bonchev–Trinajstić information content (AvgIpc) is 3.13. The highest BCUT2D eigenvalue weighted by molar-refractivity contribution is 5.86. The molecular formula is C17H26N4O2. The van der Waals surface area contributed by atoms with Crippen molar-refractivity contribution in [3.05, 3.63) is 0 Å². The van der Waals surface area contributed by atoms with Gasteiger partial charge in [0, 0.05) is 33.2 Å². The number of nitriles is 1. The highest BCUT2D eigenvalue weighted by atomic mass is 16.2. The minimum absolute atomic E-state index is 0.0508. The third-order valence-electron chi connectivity index (χ3n) is 5.90. The molecule has 3 fully saturated rings. The Labute approximate surface area is 137 Å². The quantitative estimate of drug-likeness (QED) is 0.842. The molecule has 23 heavy (non-hydrogen) atoms. The molecule has 0 radical (unpaired) electrons. The van der Waals surface area contributed by atoms with Crippen molar-refractivity contribution in [1.82, 2.24) is 15.1 Å². The fourth-order valence-corrected chi connectivity index (χ4v) is 4.49. The average molecular weight is 318 g/mol. The van der Waals surface area contributed by atoms with Gasteiger partial charge in [-0.15, -0.1) is 0 Å². The molecule has 1 spiro atoms. The van der Waals surface area contributed by atoms with Gasteiger partial charge in [0.25, 0.3) is 0 Å². The first-order valence-electron chi connectivity index (χ1n) is 8.58. The largest absolute Gasteiger partial charge is 0.341 e. The lowest BCUT2D eigenvalue weighted by Gasteiger charge is -2.45. The highest BCUT2D eigenvalue weighted by Gasteiger charge is 2.53. The fraction of sp³-hybridized carbons (Fsp3) is 0.824. The molecule has 0 bridgehead atoms. The molecular weight excluding hydrogens is 292 g/mol. The Hall–Kier alpha value is -1.77. The number of likely N-dealkylation sites (tertiary alicyclic amines) is 1. The predicted molar refractivity (Wildman–Crippen MR) is 85.4 cm³/mol. The number of nitrogens with one attached hydrogen (secondary N) is 1. The van der Waals surface area contributed by atoms with E-state index in [1.54, 1.807) is 19.0 Å². The summed E-state index contributed by atoms with van der Waals surface area (Å²) in [6.07, 6.45) is 6.27. The summed E-state index contributed by atoms with van der Waals surface area (Å²) in [5, 5.41) is 12.5. The normalized spacial score (nSPS) is 31.5. The van der Waals surface area contributed by atoms with E-state index in [1.165, 1.54) is 0 Å². The van der Waals surface area contributed by atoms with Crippen LogP contribution in [0, 0.1) is 22.2 Å². The summed E-state index contributed by atoms with van der Waals surface area (Å²) in [7, 11) is 3.48. The maximum atomic E-state index is 12.8. The van der Waals surface area contributed by atoms with Crippen LogP contribution in [0.2, 0.25) is 0 Å². The maximum Gasteiger partial charge on any atom is 0.317 e. The minimum atomic E-state index is -0.756. The van der Waals surface area contributed by atoms with Crippen LogP contribution in [0.1, 0.15) is 44.9 Å². The molecule has 6 heteroatoms. The Morgan fingerprint density at radius 2 is 1.87 bits per heavy atom. The molecule has 6 nitrogen and oxygen atoms in total. The smallest absolute Gasteiger partial charge is 0.317 e. The monoisotopic (exact) mass is 318 g/mol. The molecule has 1 heterocycles. The second-order valence-corrected chi connectivity index (χ2v) is 7.83. The Kier molecular flexibility index (Phi) is 3.99. The van der Waals surface area contributed by atoms with E-state index in [0.717, 1.165) is 45.2 Å². The van der Waals surface area contributed by atoms with Crippen molar-refractivity contribution in [3.63, 3.8) is 0 Å². The summed E-state index contributed by atoms with van der Waals surface area (Å²) in [4.78, 5) is 28.0. The summed E-state index contributed by atoms with van der Waals surface area (Å²) in [5.74, 6) is 0.0511. The van der Waals surface area contributed by atoms with Crippen LogP contribution >= 0.6 is 0 Å². The van der Waals surface area contributed by atoms with Crippen molar-refractivity contribution in [3.8, 4) is 6.07 Å². The fourth-order valence-electron chi connectivity index (χ4n) is 4.49. The SMILES string of the molecule is CN(C)C(=O)NC1CC2(CCN(C(=O)C3(C#N)CCCC3)C2)C1. The number of rotatable bonds is 2.